The van der Waals surface area contributed by atoms with Crippen molar-refractivity contribution in [2.45, 2.75) is 24.9 Å². The van der Waals surface area contributed by atoms with Gasteiger partial charge in [0.05, 0.1) is 29.3 Å². The van der Waals surface area contributed by atoms with Crippen molar-refractivity contribution in [2.24, 2.45) is 0 Å². The van der Waals surface area contributed by atoms with E-state index in [0.717, 1.165) is 15.2 Å². The number of hydrogen-bond acceptors (Lipinski definition) is 4. The average molecular weight is 334 g/mol. The Kier molecular flexibility index (Phi) is 4.75. The van der Waals surface area contributed by atoms with Crippen molar-refractivity contribution in [1.29, 1.82) is 0 Å². The Labute approximate surface area is 130 Å². The van der Waals surface area contributed by atoms with Crippen molar-refractivity contribution in [3.05, 3.63) is 29.3 Å². The van der Waals surface area contributed by atoms with E-state index in [1.807, 2.05) is 24.3 Å². The molecule has 21 heavy (non-hydrogen) atoms. The smallest absolute Gasteiger partial charge is 0.262 e. The number of fused-ring (bicyclic) bond motifs is 1. The van der Waals surface area contributed by atoms with Crippen LogP contribution in [0.25, 0.3) is 10.2 Å². The second-order valence-electron chi connectivity index (χ2n) is 4.79. The summed E-state index contributed by atoms with van der Waals surface area (Å²) in [5.74, 6) is -3.20. The van der Waals surface area contributed by atoms with Gasteiger partial charge in [-0.2, -0.15) is 0 Å². The molecule has 1 fully saturated rings. The summed E-state index contributed by atoms with van der Waals surface area (Å²) in [4.78, 5) is 16.2. The highest BCUT2D eigenvalue weighted by molar-refractivity contribution is 7.18. The summed E-state index contributed by atoms with van der Waals surface area (Å²) < 4.78 is 27.1. The quantitative estimate of drug-likeness (QED) is 0.906. The van der Waals surface area contributed by atoms with Crippen molar-refractivity contribution in [2.75, 3.05) is 6.54 Å². The van der Waals surface area contributed by atoms with Crippen molar-refractivity contribution in [3.8, 4) is 0 Å². The average Bonchev–Trinajstić information content (AvgIpc) is 2.98. The second-order valence-corrected chi connectivity index (χ2v) is 5.90. The van der Waals surface area contributed by atoms with E-state index in [4.69, 9.17) is 0 Å². The van der Waals surface area contributed by atoms with E-state index in [1.54, 1.807) is 0 Å². The van der Waals surface area contributed by atoms with Crippen LogP contribution in [0.5, 0.6) is 0 Å². The molecule has 0 bridgehead atoms. The molecule has 8 heteroatoms. The highest BCUT2D eigenvalue weighted by Gasteiger charge is 2.42. The zero-order valence-corrected chi connectivity index (χ0v) is 12.6. The first-order chi connectivity index (χ1) is 9.53. The number of aromatic nitrogens is 1. The molecule has 1 aliphatic rings. The monoisotopic (exact) mass is 333 g/mol. The molecule has 0 saturated carbocycles. The molecule has 1 aromatic carbocycles. The first-order valence-corrected chi connectivity index (χ1v) is 7.08. The molecular weight excluding hydrogens is 320 g/mol. The van der Waals surface area contributed by atoms with Gasteiger partial charge >= 0.3 is 0 Å². The van der Waals surface area contributed by atoms with Crippen LogP contribution in [0.1, 0.15) is 11.4 Å². The Morgan fingerprint density at radius 3 is 2.90 bits per heavy atom. The molecular formula is C13H14ClF2N3OS. The number of carbonyl (C=O) groups is 1. The molecule has 1 amide bonds. The third-order valence-electron chi connectivity index (χ3n) is 3.18. The van der Waals surface area contributed by atoms with Gasteiger partial charge in [-0.1, -0.05) is 12.1 Å². The van der Waals surface area contributed by atoms with Gasteiger partial charge in [0.1, 0.15) is 5.01 Å². The van der Waals surface area contributed by atoms with E-state index in [0.29, 0.717) is 0 Å². The third kappa shape index (κ3) is 3.66. The zero-order chi connectivity index (χ0) is 14.2. The molecule has 2 heterocycles. The van der Waals surface area contributed by atoms with Gasteiger partial charge in [0, 0.05) is 6.42 Å². The molecule has 114 valence electrons. The summed E-state index contributed by atoms with van der Waals surface area (Å²) in [7, 11) is 0. The normalized spacial score (nSPS) is 20.2. The maximum atomic E-state index is 13.0. The third-order valence-corrected chi connectivity index (χ3v) is 4.21. The molecule has 0 radical (unpaired) electrons. The number of carbonyl (C=O) groups excluding carboxylic acids is 1. The van der Waals surface area contributed by atoms with Crippen LogP contribution >= 0.6 is 23.7 Å². The zero-order valence-electron chi connectivity index (χ0n) is 10.9. The number of hydrogen-bond donors (Lipinski definition) is 2. The van der Waals surface area contributed by atoms with Gasteiger partial charge in [0.25, 0.3) is 5.92 Å². The molecule has 4 nitrogen and oxygen atoms in total. The van der Waals surface area contributed by atoms with E-state index in [-0.39, 0.29) is 19.0 Å². The maximum absolute atomic E-state index is 13.0. The highest BCUT2D eigenvalue weighted by atomic mass is 35.5. The number of amides is 1. The standard InChI is InChI=1S/C13H13F2N3OS.ClH/c14-13(15)5-9(17-7-13)12(19)16-6-11-18-8-3-1-2-4-10(8)20-11;/h1-4,9,17H,5-7H2,(H,16,19);1H. The van der Waals surface area contributed by atoms with E-state index >= 15 is 0 Å². The van der Waals surface area contributed by atoms with Gasteiger partial charge in [-0.3, -0.25) is 10.1 Å². The number of benzene rings is 1. The number of para-hydroxylation sites is 1. The fourth-order valence-corrected chi connectivity index (χ4v) is 3.09. The van der Waals surface area contributed by atoms with Gasteiger partial charge in [0.2, 0.25) is 5.91 Å². The highest BCUT2D eigenvalue weighted by Crippen LogP contribution is 2.25. The first kappa shape index (κ1) is 16.1. The number of rotatable bonds is 3. The molecule has 2 aromatic rings. The minimum Gasteiger partial charge on any atom is -0.348 e. The molecule has 1 atom stereocenters. The Hall–Kier alpha value is -1.31. The van der Waals surface area contributed by atoms with Crippen LogP contribution in [0.15, 0.2) is 24.3 Å². The number of thiazole rings is 1. The topological polar surface area (TPSA) is 54.0 Å². The SMILES string of the molecule is Cl.O=C(NCc1nc2ccccc2s1)C1CC(F)(F)CN1. The fraction of sp³-hybridized carbons (Fsp3) is 0.385. The Bertz CT molecular complexity index is 616. The van der Waals surface area contributed by atoms with Crippen LogP contribution in [-0.4, -0.2) is 29.4 Å². The predicted molar refractivity (Wildman–Crippen MR) is 80.1 cm³/mol. The molecule has 1 aromatic heterocycles. The van der Waals surface area contributed by atoms with Crippen LogP contribution in [0.3, 0.4) is 0 Å². The minimum atomic E-state index is -2.79. The van der Waals surface area contributed by atoms with Gasteiger partial charge in [-0.05, 0) is 12.1 Å². The molecule has 1 saturated heterocycles. The van der Waals surface area contributed by atoms with Crippen molar-refractivity contribution in [1.82, 2.24) is 15.6 Å². The summed E-state index contributed by atoms with van der Waals surface area (Å²) >= 11 is 1.49. The fourth-order valence-electron chi connectivity index (χ4n) is 2.18. The summed E-state index contributed by atoms with van der Waals surface area (Å²) in [5.41, 5.74) is 0.882. The molecule has 0 aliphatic carbocycles. The van der Waals surface area contributed by atoms with E-state index in [9.17, 15) is 13.6 Å². The van der Waals surface area contributed by atoms with Crippen LogP contribution in [0.2, 0.25) is 0 Å². The van der Waals surface area contributed by atoms with Gasteiger partial charge in [-0.25, -0.2) is 13.8 Å². The van der Waals surface area contributed by atoms with Crippen molar-refractivity contribution >= 4 is 39.9 Å². The summed E-state index contributed by atoms with van der Waals surface area (Å²) in [5, 5.41) is 5.95. The van der Waals surface area contributed by atoms with Crippen LogP contribution < -0.4 is 10.6 Å². The summed E-state index contributed by atoms with van der Waals surface area (Å²) in [6, 6.07) is 6.86. The molecule has 1 aliphatic heterocycles. The predicted octanol–water partition coefficient (Wildman–Crippen LogP) is 2.33. The van der Waals surface area contributed by atoms with Gasteiger partial charge < -0.3 is 5.32 Å². The van der Waals surface area contributed by atoms with E-state index in [1.165, 1.54) is 11.3 Å². The van der Waals surface area contributed by atoms with Crippen molar-refractivity contribution < 1.29 is 13.6 Å². The lowest BCUT2D eigenvalue weighted by atomic mass is 10.2. The van der Waals surface area contributed by atoms with Crippen molar-refractivity contribution in [3.63, 3.8) is 0 Å². The van der Waals surface area contributed by atoms with E-state index < -0.39 is 30.8 Å². The summed E-state index contributed by atoms with van der Waals surface area (Å²) in [6.45, 7) is -0.172. The van der Waals surface area contributed by atoms with Crippen LogP contribution in [-0.2, 0) is 11.3 Å². The van der Waals surface area contributed by atoms with Gasteiger partial charge in [-0.15, -0.1) is 23.7 Å². The van der Waals surface area contributed by atoms with Crippen LogP contribution in [0.4, 0.5) is 8.78 Å². The minimum absolute atomic E-state index is 0. The lowest BCUT2D eigenvalue weighted by molar-refractivity contribution is -0.123. The lowest BCUT2D eigenvalue weighted by Gasteiger charge is -2.09. The Morgan fingerprint density at radius 1 is 1.48 bits per heavy atom. The van der Waals surface area contributed by atoms with Crippen LogP contribution in [0, 0.1) is 0 Å². The lowest BCUT2D eigenvalue weighted by Crippen LogP contribution is -2.39. The molecule has 3 rings (SSSR count). The summed E-state index contributed by atoms with van der Waals surface area (Å²) in [6.07, 6.45) is -0.446. The maximum Gasteiger partial charge on any atom is 0.262 e. The molecule has 1 unspecified atom stereocenters. The number of nitrogens with zero attached hydrogens (tertiary/aromatic N) is 1. The number of nitrogens with one attached hydrogen (secondary N) is 2. The molecule has 2 N–H and O–H groups in total. The van der Waals surface area contributed by atoms with E-state index in [2.05, 4.69) is 15.6 Å². The molecule has 0 spiro atoms. The largest absolute Gasteiger partial charge is 0.348 e. The second kappa shape index (κ2) is 6.21. The number of alkyl halides is 2. The van der Waals surface area contributed by atoms with Gasteiger partial charge in [0.15, 0.2) is 0 Å². The Balaban J connectivity index is 0.00000161. The number of halogens is 3. The Morgan fingerprint density at radius 2 is 2.24 bits per heavy atom. The first-order valence-electron chi connectivity index (χ1n) is 6.27.